The standard InChI is InChI=1S/C21H23N5O/c1-25(2)17-7-5-15(6-8-17)13-26-11-9-19-18(14-26)21(27)24-20(23-19)16-4-3-10-22-12-16/h3-8,10,12H,9,11,13-14H2,1-2H3,(H,23,24,27). The van der Waals surface area contributed by atoms with E-state index in [1.165, 1.54) is 11.3 Å². The molecule has 0 saturated carbocycles. The first kappa shape index (κ1) is 17.4. The molecule has 0 amide bonds. The number of nitrogens with one attached hydrogen (secondary N) is 1. The molecule has 0 fully saturated rings. The van der Waals surface area contributed by atoms with Gasteiger partial charge in [0.15, 0.2) is 0 Å². The fourth-order valence-corrected chi connectivity index (χ4v) is 3.41. The Morgan fingerprint density at radius 2 is 2.00 bits per heavy atom. The van der Waals surface area contributed by atoms with Crippen LogP contribution in [0.25, 0.3) is 11.4 Å². The molecule has 0 aliphatic carbocycles. The number of aromatic nitrogens is 3. The van der Waals surface area contributed by atoms with E-state index in [9.17, 15) is 4.79 Å². The number of anilines is 1. The second kappa shape index (κ2) is 7.32. The van der Waals surface area contributed by atoms with E-state index in [1.54, 1.807) is 12.4 Å². The zero-order valence-electron chi connectivity index (χ0n) is 15.6. The predicted octanol–water partition coefficient (Wildman–Crippen LogP) is 2.46. The summed E-state index contributed by atoms with van der Waals surface area (Å²) >= 11 is 0. The molecular formula is C21H23N5O. The average molecular weight is 361 g/mol. The van der Waals surface area contributed by atoms with Crippen LogP contribution in [0.4, 0.5) is 5.69 Å². The Morgan fingerprint density at radius 1 is 1.19 bits per heavy atom. The molecule has 138 valence electrons. The molecule has 2 aromatic heterocycles. The number of H-pyrrole nitrogens is 1. The SMILES string of the molecule is CN(C)c1ccc(CN2CCc3nc(-c4cccnc4)[nH]c(=O)c3C2)cc1. The number of rotatable bonds is 4. The lowest BCUT2D eigenvalue weighted by Crippen LogP contribution is -2.35. The van der Waals surface area contributed by atoms with Gasteiger partial charge in [-0.05, 0) is 29.8 Å². The Kier molecular flexibility index (Phi) is 4.73. The molecule has 3 heterocycles. The maximum atomic E-state index is 12.6. The quantitative estimate of drug-likeness (QED) is 0.773. The molecular weight excluding hydrogens is 338 g/mol. The van der Waals surface area contributed by atoms with Gasteiger partial charge in [0.05, 0.1) is 11.3 Å². The molecule has 0 saturated heterocycles. The van der Waals surface area contributed by atoms with E-state index in [0.29, 0.717) is 12.4 Å². The van der Waals surface area contributed by atoms with Crippen LogP contribution in [0.5, 0.6) is 0 Å². The molecule has 6 nitrogen and oxygen atoms in total. The first-order chi connectivity index (χ1) is 13.1. The molecule has 0 radical (unpaired) electrons. The van der Waals surface area contributed by atoms with Gasteiger partial charge in [-0.3, -0.25) is 14.7 Å². The normalized spacial score (nSPS) is 14.0. The first-order valence-electron chi connectivity index (χ1n) is 9.11. The van der Waals surface area contributed by atoms with Gasteiger partial charge < -0.3 is 9.88 Å². The maximum absolute atomic E-state index is 12.6. The summed E-state index contributed by atoms with van der Waals surface area (Å²) in [5, 5.41) is 0. The Bertz CT molecular complexity index is 980. The van der Waals surface area contributed by atoms with Crippen LogP contribution >= 0.6 is 0 Å². The zero-order valence-corrected chi connectivity index (χ0v) is 15.6. The lowest BCUT2D eigenvalue weighted by atomic mass is 10.1. The minimum absolute atomic E-state index is 0.0495. The van der Waals surface area contributed by atoms with Crippen LogP contribution in [0, 0.1) is 0 Å². The molecule has 0 atom stereocenters. The molecule has 0 unspecified atom stereocenters. The van der Waals surface area contributed by atoms with Crippen molar-refractivity contribution in [2.24, 2.45) is 0 Å². The molecule has 3 aromatic rings. The summed E-state index contributed by atoms with van der Waals surface area (Å²) in [6.07, 6.45) is 4.21. The lowest BCUT2D eigenvalue weighted by Gasteiger charge is -2.28. The van der Waals surface area contributed by atoms with Gasteiger partial charge in [-0.25, -0.2) is 4.98 Å². The third kappa shape index (κ3) is 3.75. The summed E-state index contributed by atoms with van der Waals surface area (Å²) in [5.74, 6) is 0.597. The predicted molar refractivity (Wildman–Crippen MR) is 107 cm³/mol. The summed E-state index contributed by atoms with van der Waals surface area (Å²) in [5.41, 5.74) is 4.90. The van der Waals surface area contributed by atoms with Gasteiger partial charge in [-0.15, -0.1) is 0 Å². The van der Waals surface area contributed by atoms with Gasteiger partial charge in [0.2, 0.25) is 0 Å². The highest BCUT2D eigenvalue weighted by Crippen LogP contribution is 2.20. The molecule has 0 bridgehead atoms. The second-order valence-corrected chi connectivity index (χ2v) is 7.10. The topological polar surface area (TPSA) is 65.1 Å². The van der Waals surface area contributed by atoms with Gasteiger partial charge in [-0.2, -0.15) is 0 Å². The Morgan fingerprint density at radius 3 is 2.70 bits per heavy atom. The number of benzene rings is 1. The number of aromatic amines is 1. The Balaban J connectivity index is 1.52. The summed E-state index contributed by atoms with van der Waals surface area (Å²) in [6.45, 7) is 2.35. The van der Waals surface area contributed by atoms with Crippen molar-refractivity contribution in [2.45, 2.75) is 19.5 Å². The highest BCUT2D eigenvalue weighted by Gasteiger charge is 2.21. The van der Waals surface area contributed by atoms with Crippen molar-refractivity contribution in [1.82, 2.24) is 19.9 Å². The van der Waals surface area contributed by atoms with Crippen molar-refractivity contribution in [2.75, 3.05) is 25.5 Å². The smallest absolute Gasteiger partial charge is 0.255 e. The van der Waals surface area contributed by atoms with Crippen molar-refractivity contribution in [3.63, 3.8) is 0 Å². The van der Waals surface area contributed by atoms with Gasteiger partial charge in [0.25, 0.3) is 5.56 Å². The highest BCUT2D eigenvalue weighted by molar-refractivity contribution is 5.53. The van der Waals surface area contributed by atoms with Crippen LogP contribution < -0.4 is 10.5 Å². The van der Waals surface area contributed by atoms with Crippen molar-refractivity contribution in [3.8, 4) is 11.4 Å². The number of nitrogens with zero attached hydrogens (tertiary/aromatic N) is 4. The third-order valence-corrected chi connectivity index (χ3v) is 4.94. The van der Waals surface area contributed by atoms with Crippen molar-refractivity contribution >= 4 is 5.69 Å². The van der Waals surface area contributed by atoms with E-state index in [4.69, 9.17) is 0 Å². The number of hydrogen-bond donors (Lipinski definition) is 1. The largest absolute Gasteiger partial charge is 0.378 e. The van der Waals surface area contributed by atoms with Crippen LogP contribution in [0.3, 0.4) is 0 Å². The van der Waals surface area contributed by atoms with E-state index in [2.05, 4.69) is 49.0 Å². The van der Waals surface area contributed by atoms with Crippen LogP contribution in [0.1, 0.15) is 16.8 Å². The maximum Gasteiger partial charge on any atom is 0.255 e. The van der Waals surface area contributed by atoms with Gasteiger partial charge in [0.1, 0.15) is 5.82 Å². The fourth-order valence-electron chi connectivity index (χ4n) is 3.41. The van der Waals surface area contributed by atoms with Gasteiger partial charge >= 0.3 is 0 Å². The van der Waals surface area contributed by atoms with Crippen LogP contribution in [0.2, 0.25) is 0 Å². The van der Waals surface area contributed by atoms with Crippen molar-refractivity contribution in [1.29, 1.82) is 0 Å². The van der Waals surface area contributed by atoms with Crippen LogP contribution in [0.15, 0.2) is 53.6 Å². The molecule has 1 aliphatic heterocycles. The minimum atomic E-state index is -0.0495. The van der Waals surface area contributed by atoms with E-state index >= 15 is 0 Å². The van der Waals surface area contributed by atoms with E-state index in [1.807, 2.05) is 26.2 Å². The molecule has 0 spiro atoms. The number of pyridine rings is 1. The van der Waals surface area contributed by atoms with Crippen molar-refractivity contribution in [3.05, 3.63) is 76.0 Å². The lowest BCUT2D eigenvalue weighted by molar-refractivity contribution is 0.242. The van der Waals surface area contributed by atoms with Crippen LogP contribution in [-0.4, -0.2) is 40.5 Å². The van der Waals surface area contributed by atoms with Crippen molar-refractivity contribution < 1.29 is 0 Å². The van der Waals surface area contributed by atoms with E-state index in [-0.39, 0.29) is 5.56 Å². The summed E-state index contributed by atoms with van der Waals surface area (Å²) < 4.78 is 0. The molecule has 6 heteroatoms. The average Bonchev–Trinajstić information content (AvgIpc) is 2.69. The molecule has 1 N–H and O–H groups in total. The van der Waals surface area contributed by atoms with Crippen LogP contribution in [-0.2, 0) is 19.5 Å². The fraction of sp³-hybridized carbons (Fsp3) is 0.286. The minimum Gasteiger partial charge on any atom is -0.378 e. The molecule has 1 aromatic carbocycles. The Hall–Kier alpha value is -2.99. The molecule has 4 rings (SSSR count). The third-order valence-electron chi connectivity index (χ3n) is 4.94. The molecule has 1 aliphatic rings. The molecule has 27 heavy (non-hydrogen) atoms. The summed E-state index contributed by atoms with van der Waals surface area (Å²) in [7, 11) is 4.07. The van der Waals surface area contributed by atoms with Gasteiger partial charge in [0, 0.05) is 63.8 Å². The highest BCUT2D eigenvalue weighted by atomic mass is 16.1. The van der Waals surface area contributed by atoms with E-state index in [0.717, 1.165) is 36.3 Å². The summed E-state index contributed by atoms with van der Waals surface area (Å²) in [6, 6.07) is 12.3. The van der Waals surface area contributed by atoms with E-state index < -0.39 is 0 Å². The zero-order chi connectivity index (χ0) is 18.8. The summed E-state index contributed by atoms with van der Waals surface area (Å²) in [4.78, 5) is 28.7. The first-order valence-corrected chi connectivity index (χ1v) is 9.11. The van der Waals surface area contributed by atoms with Gasteiger partial charge in [-0.1, -0.05) is 12.1 Å². The monoisotopic (exact) mass is 361 g/mol. The number of fused-ring (bicyclic) bond motifs is 1. The Labute approximate surface area is 158 Å². The second-order valence-electron chi connectivity index (χ2n) is 7.10. The number of hydrogen-bond acceptors (Lipinski definition) is 5.